The number of nitrogens with one attached hydrogen (secondary N) is 1. The summed E-state index contributed by atoms with van der Waals surface area (Å²) in [4.78, 5) is 14.5. The molecule has 4 rings (SSSR count). The zero-order chi connectivity index (χ0) is 17.2. The Labute approximate surface area is 150 Å². The van der Waals surface area contributed by atoms with Crippen LogP contribution in [0.15, 0.2) is 29.4 Å². The van der Waals surface area contributed by atoms with E-state index in [-0.39, 0.29) is 5.91 Å². The molecule has 0 spiro atoms. The van der Waals surface area contributed by atoms with Crippen molar-refractivity contribution in [2.75, 3.05) is 13.2 Å². The van der Waals surface area contributed by atoms with E-state index in [9.17, 15) is 4.79 Å². The molecule has 1 aromatic heterocycles. The molecule has 5 nitrogen and oxygen atoms in total. The molecule has 0 unspecified atom stereocenters. The maximum atomic E-state index is 12.4. The van der Waals surface area contributed by atoms with E-state index in [4.69, 9.17) is 9.47 Å². The highest BCUT2D eigenvalue weighted by molar-refractivity contribution is 7.14. The summed E-state index contributed by atoms with van der Waals surface area (Å²) < 4.78 is 11.1. The summed E-state index contributed by atoms with van der Waals surface area (Å²) in [7, 11) is 0. The van der Waals surface area contributed by atoms with E-state index in [2.05, 4.69) is 10.5 Å². The lowest BCUT2D eigenvalue weighted by atomic mass is 9.99. The molecule has 6 heteroatoms. The van der Waals surface area contributed by atoms with Gasteiger partial charge in [0.1, 0.15) is 13.2 Å². The third kappa shape index (κ3) is 3.39. The van der Waals surface area contributed by atoms with Gasteiger partial charge >= 0.3 is 0 Å². The van der Waals surface area contributed by atoms with Gasteiger partial charge in [-0.3, -0.25) is 4.79 Å². The number of aryl methyl sites for hydroxylation is 2. The largest absolute Gasteiger partial charge is 0.486 e. The summed E-state index contributed by atoms with van der Waals surface area (Å²) in [5.74, 6) is 1.32. The van der Waals surface area contributed by atoms with Crippen LogP contribution in [0, 0.1) is 0 Å². The average molecular weight is 356 g/mol. The van der Waals surface area contributed by atoms with Gasteiger partial charge in [0.15, 0.2) is 11.5 Å². The van der Waals surface area contributed by atoms with Gasteiger partial charge in [-0.1, -0.05) is 0 Å². The SMILES string of the molecule is CC(=NNC(=O)c1cc2c(s1)CCCC2)c1ccc2c(c1)OCCO2. The summed E-state index contributed by atoms with van der Waals surface area (Å²) in [6, 6.07) is 7.70. The second kappa shape index (κ2) is 6.88. The molecule has 2 heterocycles. The van der Waals surface area contributed by atoms with Gasteiger partial charge in [0.2, 0.25) is 0 Å². The van der Waals surface area contributed by atoms with Crippen LogP contribution in [-0.2, 0) is 12.8 Å². The molecule has 0 bridgehead atoms. The number of fused-ring (bicyclic) bond motifs is 2. The number of ether oxygens (including phenoxy) is 2. The predicted octanol–water partition coefficient (Wildman–Crippen LogP) is 3.55. The Bertz CT molecular complexity index is 818. The van der Waals surface area contributed by atoms with E-state index >= 15 is 0 Å². The Morgan fingerprint density at radius 3 is 2.76 bits per heavy atom. The lowest BCUT2D eigenvalue weighted by Crippen LogP contribution is -2.18. The molecule has 0 saturated heterocycles. The minimum atomic E-state index is -0.142. The van der Waals surface area contributed by atoms with Gasteiger partial charge < -0.3 is 9.47 Å². The van der Waals surface area contributed by atoms with Crippen molar-refractivity contribution in [2.24, 2.45) is 5.10 Å². The average Bonchev–Trinajstić information content (AvgIpc) is 3.09. The third-order valence-electron chi connectivity index (χ3n) is 4.51. The first kappa shape index (κ1) is 16.1. The highest BCUT2D eigenvalue weighted by Gasteiger charge is 2.17. The molecule has 1 aliphatic heterocycles. The van der Waals surface area contributed by atoms with Crippen molar-refractivity contribution in [1.82, 2.24) is 5.43 Å². The summed E-state index contributed by atoms with van der Waals surface area (Å²) in [6.45, 7) is 2.98. The Balaban J connectivity index is 1.47. The van der Waals surface area contributed by atoms with Crippen molar-refractivity contribution >= 4 is 23.0 Å². The number of thiophene rings is 1. The van der Waals surface area contributed by atoms with Gasteiger partial charge in [0, 0.05) is 10.4 Å². The Kier molecular flexibility index (Phi) is 4.44. The molecule has 2 aromatic rings. The summed E-state index contributed by atoms with van der Waals surface area (Å²) in [5, 5.41) is 4.25. The van der Waals surface area contributed by atoms with Crippen LogP contribution in [0.25, 0.3) is 0 Å². The van der Waals surface area contributed by atoms with Crippen LogP contribution >= 0.6 is 11.3 Å². The first-order chi connectivity index (χ1) is 12.2. The zero-order valence-electron chi connectivity index (χ0n) is 14.1. The molecule has 1 amide bonds. The van der Waals surface area contributed by atoms with Gasteiger partial charge in [-0.2, -0.15) is 5.10 Å². The number of hydrogen-bond acceptors (Lipinski definition) is 5. The van der Waals surface area contributed by atoms with Crippen LogP contribution < -0.4 is 14.9 Å². The zero-order valence-corrected chi connectivity index (χ0v) is 14.9. The van der Waals surface area contributed by atoms with Crippen molar-refractivity contribution < 1.29 is 14.3 Å². The monoisotopic (exact) mass is 356 g/mol. The summed E-state index contributed by atoms with van der Waals surface area (Å²) in [6.07, 6.45) is 4.60. The lowest BCUT2D eigenvalue weighted by Gasteiger charge is -2.18. The maximum absolute atomic E-state index is 12.4. The highest BCUT2D eigenvalue weighted by Crippen LogP contribution is 2.31. The van der Waals surface area contributed by atoms with E-state index in [0.717, 1.165) is 40.5 Å². The van der Waals surface area contributed by atoms with Crippen molar-refractivity contribution in [3.8, 4) is 11.5 Å². The number of carbonyl (C=O) groups excluding carboxylic acids is 1. The number of amides is 1. The van der Waals surface area contributed by atoms with E-state index < -0.39 is 0 Å². The van der Waals surface area contributed by atoms with Crippen LogP contribution in [-0.4, -0.2) is 24.8 Å². The number of benzene rings is 1. The number of rotatable bonds is 3. The number of hydrazone groups is 1. The van der Waals surface area contributed by atoms with Crippen LogP contribution in [0.2, 0.25) is 0 Å². The highest BCUT2D eigenvalue weighted by atomic mass is 32.1. The molecule has 1 N–H and O–H groups in total. The summed E-state index contributed by atoms with van der Waals surface area (Å²) in [5.41, 5.74) is 5.63. The fourth-order valence-corrected chi connectivity index (χ4v) is 4.27. The Hall–Kier alpha value is -2.34. The second-order valence-corrected chi connectivity index (χ2v) is 7.40. The van der Waals surface area contributed by atoms with Crippen molar-refractivity contribution in [1.29, 1.82) is 0 Å². The molecule has 1 aromatic carbocycles. The normalized spacial score (nSPS) is 16.3. The standard InChI is InChI=1S/C19H20N2O3S/c1-12(13-6-7-15-16(10-13)24-9-8-23-15)20-21-19(22)18-11-14-4-2-3-5-17(14)25-18/h6-7,10-11H,2-5,8-9H2,1H3,(H,21,22). The Morgan fingerprint density at radius 1 is 1.12 bits per heavy atom. The van der Waals surface area contributed by atoms with Gasteiger partial charge in [-0.15, -0.1) is 11.3 Å². The molecule has 0 atom stereocenters. The van der Waals surface area contributed by atoms with Crippen LogP contribution in [0.1, 0.15) is 45.4 Å². The number of nitrogens with zero attached hydrogens (tertiary/aromatic N) is 1. The topological polar surface area (TPSA) is 59.9 Å². The van der Waals surface area contributed by atoms with Crippen LogP contribution in [0.3, 0.4) is 0 Å². The maximum Gasteiger partial charge on any atom is 0.281 e. The Morgan fingerprint density at radius 2 is 1.92 bits per heavy atom. The predicted molar refractivity (Wildman–Crippen MR) is 98.1 cm³/mol. The number of hydrogen-bond donors (Lipinski definition) is 1. The van der Waals surface area contributed by atoms with Crippen molar-refractivity contribution in [3.05, 3.63) is 45.1 Å². The third-order valence-corrected chi connectivity index (χ3v) is 5.74. The van der Waals surface area contributed by atoms with E-state index in [0.29, 0.717) is 13.2 Å². The minimum Gasteiger partial charge on any atom is -0.486 e. The van der Waals surface area contributed by atoms with E-state index in [1.807, 2.05) is 31.2 Å². The number of carbonyl (C=O) groups is 1. The van der Waals surface area contributed by atoms with Crippen molar-refractivity contribution in [3.63, 3.8) is 0 Å². The van der Waals surface area contributed by atoms with Gasteiger partial charge in [0.25, 0.3) is 5.91 Å². The molecule has 1 aliphatic carbocycles. The molecule has 130 valence electrons. The first-order valence-corrected chi connectivity index (χ1v) is 9.38. The van der Waals surface area contributed by atoms with Crippen LogP contribution in [0.5, 0.6) is 11.5 Å². The molecule has 2 aliphatic rings. The quantitative estimate of drug-likeness (QED) is 0.676. The van der Waals surface area contributed by atoms with Crippen LogP contribution in [0.4, 0.5) is 0 Å². The second-order valence-electron chi connectivity index (χ2n) is 6.26. The molecule has 25 heavy (non-hydrogen) atoms. The molecule has 0 fully saturated rings. The fourth-order valence-electron chi connectivity index (χ4n) is 3.13. The van der Waals surface area contributed by atoms with Crippen molar-refractivity contribution in [2.45, 2.75) is 32.6 Å². The minimum absolute atomic E-state index is 0.142. The fraction of sp³-hybridized carbons (Fsp3) is 0.368. The lowest BCUT2D eigenvalue weighted by molar-refractivity contribution is 0.0959. The molecular formula is C19H20N2O3S. The molecule has 0 radical (unpaired) electrons. The molecular weight excluding hydrogens is 336 g/mol. The van der Waals surface area contributed by atoms with Gasteiger partial charge in [0.05, 0.1) is 10.6 Å². The molecule has 0 saturated carbocycles. The van der Waals surface area contributed by atoms with Gasteiger partial charge in [-0.05, 0) is 62.4 Å². The summed E-state index contributed by atoms with van der Waals surface area (Å²) >= 11 is 1.59. The van der Waals surface area contributed by atoms with E-state index in [1.54, 1.807) is 11.3 Å². The smallest absolute Gasteiger partial charge is 0.281 e. The first-order valence-electron chi connectivity index (χ1n) is 8.57. The van der Waals surface area contributed by atoms with Gasteiger partial charge in [-0.25, -0.2) is 5.43 Å². The van der Waals surface area contributed by atoms with E-state index in [1.165, 1.54) is 23.3 Å².